The lowest BCUT2D eigenvalue weighted by atomic mass is 9.94. The van der Waals surface area contributed by atoms with Gasteiger partial charge in [-0.3, -0.25) is 10.3 Å². The standard InChI is InChI=1S/C33H29ClN2O4/c1-21(26-5-3-4-6-28(26)34)39-32(37)36-30-27-15-18-35-19-29(27)40-31(30)24-9-7-22(8-10-24)23-11-13-25(14-12-23)33(16-17-33)20-38-2/h3-15,18-19,21H,16-17,20H2,1-2H3,(H,36,37). The van der Waals surface area contributed by atoms with E-state index < -0.39 is 12.2 Å². The van der Waals surface area contributed by atoms with Gasteiger partial charge in [0.1, 0.15) is 6.10 Å². The molecule has 7 heteroatoms. The summed E-state index contributed by atoms with van der Waals surface area (Å²) < 4.78 is 17.3. The van der Waals surface area contributed by atoms with E-state index in [1.54, 1.807) is 32.5 Å². The van der Waals surface area contributed by atoms with Crippen molar-refractivity contribution in [2.75, 3.05) is 19.0 Å². The SMILES string of the molecule is COCC1(c2ccc(-c3ccc(-c4oc5cnccc5c4NC(=O)OC(C)c4ccccc4Cl)cc3)cc2)CC1. The van der Waals surface area contributed by atoms with Crippen molar-refractivity contribution in [2.24, 2.45) is 0 Å². The van der Waals surface area contributed by atoms with Crippen LogP contribution in [0.4, 0.5) is 10.5 Å². The third kappa shape index (κ3) is 5.08. The number of nitrogens with one attached hydrogen (secondary N) is 1. The van der Waals surface area contributed by atoms with E-state index in [2.05, 4.69) is 46.7 Å². The fraction of sp³-hybridized carbons (Fsp3) is 0.212. The van der Waals surface area contributed by atoms with Crippen LogP contribution in [0, 0.1) is 0 Å². The molecule has 1 saturated carbocycles. The van der Waals surface area contributed by atoms with Gasteiger partial charge >= 0.3 is 6.09 Å². The fourth-order valence-electron chi connectivity index (χ4n) is 5.21. The van der Waals surface area contributed by atoms with Crippen LogP contribution in [0.2, 0.25) is 5.02 Å². The molecular formula is C33H29ClN2O4. The van der Waals surface area contributed by atoms with Gasteiger partial charge in [0, 0.05) is 40.3 Å². The summed E-state index contributed by atoms with van der Waals surface area (Å²) in [5.41, 5.74) is 6.38. The molecule has 1 aliphatic rings. The molecule has 6 rings (SSSR count). The zero-order chi connectivity index (χ0) is 27.7. The highest BCUT2D eigenvalue weighted by atomic mass is 35.5. The van der Waals surface area contributed by atoms with Crippen LogP contribution in [0.25, 0.3) is 33.4 Å². The highest BCUT2D eigenvalue weighted by molar-refractivity contribution is 6.31. The summed E-state index contributed by atoms with van der Waals surface area (Å²) in [6.07, 6.45) is 4.50. The average Bonchev–Trinajstić information content (AvgIpc) is 3.68. The van der Waals surface area contributed by atoms with Crippen LogP contribution in [0.5, 0.6) is 0 Å². The van der Waals surface area contributed by atoms with Gasteiger partial charge in [-0.25, -0.2) is 4.79 Å². The molecule has 0 spiro atoms. The maximum atomic E-state index is 13.0. The zero-order valence-corrected chi connectivity index (χ0v) is 23.1. The number of amides is 1. The number of ether oxygens (including phenoxy) is 2. The van der Waals surface area contributed by atoms with E-state index in [4.69, 9.17) is 25.5 Å². The maximum absolute atomic E-state index is 13.0. The summed E-state index contributed by atoms with van der Waals surface area (Å²) in [4.78, 5) is 17.1. The fourth-order valence-corrected chi connectivity index (χ4v) is 5.50. The van der Waals surface area contributed by atoms with Crippen molar-refractivity contribution in [1.82, 2.24) is 4.98 Å². The van der Waals surface area contributed by atoms with Crippen molar-refractivity contribution in [3.05, 3.63) is 107 Å². The average molecular weight is 553 g/mol. The zero-order valence-electron chi connectivity index (χ0n) is 22.3. The summed E-state index contributed by atoms with van der Waals surface area (Å²) in [6.45, 7) is 2.54. The lowest BCUT2D eigenvalue weighted by Gasteiger charge is -2.16. The Morgan fingerprint density at radius 2 is 1.68 bits per heavy atom. The number of methoxy groups -OCH3 is 1. The van der Waals surface area contributed by atoms with Gasteiger partial charge in [0.25, 0.3) is 0 Å². The molecule has 0 aliphatic heterocycles. The van der Waals surface area contributed by atoms with Crippen molar-refractivity contribution in [3.8, 4) is 22.5 Å². The van der Waals surface area contributed by atoms with Crippen LogP contribution in [-0.2, 0) is 14.9 Å². The minimum Gasteiger partial charge on any atom is -0.452 e. The van der Waals surface area contributed by atoms with E-state index in [9.17, 15) is 4.79 Å². The molecule has 3 aromatic carbocycles. The Morgan fingerprint density at radius 3 is 2.35 bits per heavy atom. The molecule has 0 bridgehead atoms. The molecule has 1 aliphatic carbocycles. The number of fused-ring (bicyclic) bond motifs is 1. The number of anilines is 1. The normalized spacial score (nSPS) is 14.6. The van der Waals surface area contributed by atoms with Gasteiger partial charge in [-0.15, -0.1) is 0 Å². The molecule has 0 saturated heterocycles. The first-order chi connectivity index (χ1) is 19.5. The van der Waals surface area contributed by atoms with Crippen molar-refractivity contribution in [3.63, 3.8) is 0 Å². The lowest BCUT2D eigenvalue weighted by Crippen LogP contribution is -2.16. The van der Waals surface area contributed by atoms with E-state index in [1.165, 1.54) is 18.4 Å². The number of furan rings is 1. The number of nitrogens with zero attached hydrogens (tertiary/aromatic N) is 1. The Kier molecular flexibility index (Phi) is 7.05. The van der Waals surface area contributed by atoms with Gasteiger partial charge in [-0.05, 0) is 48.6 Å². The first-order valence-electron chi connectivity index (χ1n) is 13.3. The van der Waals surface area contributed by atoms with Crippen LogP contribution >= 0.6 is 11.6 Å². The van der Waals surface area contributed by atoms with E-state index in [-0.39, 0.29) is 5.41 Å². The quantitative estimate of drug-likeness (QED) is 0.208. The number of benzene rings is 3. The number of hydrogen-bond donors (Lipinski definition) is 1. The first-order valence-corrected chi connectivity index (χ1v) is 13.6. The molecule has 1 unspecified atom stereocenters. The smallest absolute Gasteiger partial charge is 0.412 e. The molecule has 1 amide bonds. The second kappa shape index (κ2) is 10.8. The number of rotatable bonds is 8. The van der Waals surface area contributed by atoms with Gasteiger partial charge in [0.05, 0.1) is 18.5 Å². The summed E-state index contributed by atoms with van der Waals surface area (Å²) in [5.74, 6) is 0.530. The summed E-state index contributed by atoms with van der Waals surface area (Å²) >= 11 is 6.29. The summed E-state index contributed by atoms with van der Waals surface area (Å²) in [6, 6.07) is 25.9. The van der Waals surface area contributed by atoms with Gasteiger partial charge < -0.3 is 13.9 Å². The Labute approximate surface area is 237 Å². The summed E-state index contributed by atoms with van der Waals surface area (Å²) in [7, 11) is 1.76. The molecule has 1 atom stereocenters. The maximum Gasteiger partial charge on any atom is 0.412 e. The number of carbonyl (C=O) groups is 1. The minimum absolute atomic E-state index is 0.184. The first kappa shape index (κ1) is 26.1. The number of carbonyl (C=O) groups excluding carboxylic acids is 1. The van der Waals surface area contributed by atoms with E-state index >= 15 is 0 Å². The number of hydrogen-bond acceptors (Lipinski definition) is 5. The van der Waals surface area contributed by atoms with E-state index in [1.807, 2.05) is 36.4 Å². The van der Waals surface area contributed by atoms with Crippen LogP contribution < -0.4 is 5.32 Å². The van der Waals surface area contributed by atoms with Gasteiger partial charge in [0.2, 0.25) is 0 Å². The van der Waals surface area contributed by atoms with Crippen LogP contribution in [0.1, 0.15) is 37.0 Å². The van der Waals surface area contributed by atoms with Crippen molar-refractivity contribution < 1.29 is 18.7 Å². The van der Waals surface area contributed by atoms with E-state index in [0.29, 0.717) is 22.1 Å². The minimum atomic E-state index is -0.605. The molecular weight excluding hydrogens is 524 g/mol. The van der Waals surface area contributed by atoms with Crippen LogP contribution in [0.3, 0.4) is 0 Å². The Bertz CT molecular complexity index is 1660. The molecule has 0 radical (unpaired) electrons. The van der Waals surface area contributed by atoms with Crippen molar-refractivity contribution in [1.29, 1.82) is 0 Å². The third-order valence-electron chi connectivity index (χ3n) is 7.60. The number of halogens is 1. The molecule has 1 N–H and O–H groups in total. The van der Waals surface area contributed by atoms with Gasteiger partial charge in [-0.1, -0.05) is 78.3 Å². The lowest BCUT2D eigenvalue weighted by molar-refractivity contribution is 0.121. The second-order valence-corrected chi connectivity index (χ2v) is 10.6. The summed E-state index contributed by atoms with van der Waals surface area (Å²) in [5, 5.41) is 4.17. The molecule has 40 heavy (non-hydrogen) atoms. The number of pyridine rings is 1. The molecule has 2 aromatic heterocycles. The Hall–Kier alpha value is -4.13. The van der Waals surface area contributed by atoms with E-state index in [0.717, 1.165) is 34.2 Å². The highest BCUT2D eigenvalue weighted by Crippen LogP contribution is 2.48. The van der Waals surface area contributed by atoms with Gasteiger partial charge in [-0.2, -0.15) is 0 Å². The van der Waals surface area contributed by atoms with Gasteiger partial charge in [0.15, 0.2) is 11.3 Å². The Balaban J connectivity index is 1.24. The van der Waals surface area contributed by atoms with Crippen molar-refractivity contribution >= 4 is 34.4 Å². The van der Waals surface area contributed by atoms with Crippen LogP contribution in [-0.4, -0.2) is 24.8 Å². The Morgan fingerprint density at radius 1 is 1.00 bits per heavy atom. The topological polar surface area (TPSA) is 73.6 Å². The predicted molar refractivity (Wildman–Crippen MR) is 158 cm³/mol. The number of aromatic nitrogens is 1. The second-order valence-electron chi connectivity index (χ2n) is 10.2. The van der Waals surface area contributed by atoms with Crippen LogP contribution in [0.15, 0.2) is 95.7 Å². The molecule has 6 nitrogen and oxygen atoms in total. The largest absolute Gasteiger partial charge is 0.452 e. The highest BCUT2D eigenvalue weighted by Gasteiger charge is 2.44. The third-order valence-corrected chi connectivity index (χ3v) is 7.94. The monoisotopic (exact) mass is 552 g/mol. The molecule has 2 heterocycles. The van der Waals surface area contributed by atoms with Crippen molar-refractivity contribution in [2.45, 2.75) is 31.3 Å². The molecule has 5 aromatic rings. The molecule has 1 fully saturated rings. The molecule has 202 valence electrons. The predicted octanol–water partition coefficient (Wildman–Crippen LogP) is 8.80.